The first-order valence-corrected chi connectivity index (χ1v) is 5.66. The summed E-state index contributed by atoms with van der Waals surface area (Å²) in [4.78, 5) is 16.6. The van der Waals surface area contributed by atoms with E-state index in [1.807, 2.05) is 0 Å². The second-order valence-electron chi connectivity index (χ2n) is 2.36. The van der Waals surface area contributed by atoms with Crippen molar-refractivity contribution in [2.45, 2.75) is 19.3 Å². The van der Waals surface area contributed by atoms with Gasteiger partial charge < -0.3 is 14.5 Å². The van der Waals surface area contributed by atoms with Crippen LogP contribution in [0.3, 0.4) is 0 Å². The van der Waals surface area contributed by atoms with Crippen LogP contribution in [0, 0.1) is 0 Å². The fourth-order valence-electron chi connectivity index (χ4n) is 0.657. The molecule has 0 rings (SSSR count). The van der Waals surface area contributed by atoms with Gasteiger partial charge in [-0.25, -0.2) is 4.57 Å². The van der Waals surface area contributed by atoms with Gasteiger partial charge in [-0.15, -0.1) is 0 Å². The number of unbranched alkanes of at least 4 members (excludes halogenated alkanes) is 1. The highest BCUT2D eigenvalue weighted by Crippen LogP contribution is 2.35. The molecular formula is C6H13O5PS. The average molecular weight is 228 g/mol. The van der Waals surface area contributed by atoms with E-state index in [0.29, 0.717) is 24.3 Å². The zero-order valence-corrected chi connectivity index (χ0v) is 9.01. The van der Waals surface area contributed by atoms with E-state index in [4.69, 9.17) is 26.7 Å². The van der Waals surface area contributed by atoms with Crippen LogP contribution in [0.2, 0.25) is 0 Å². The molecule has 0 aromatic rings. The van der Waals surface area contributed by atoms with Gasteiger partial charge in [-0.2, -0.15) is 0 Å². The number of phosphoric ester groups is 1. The Morgan fingerprint density at radius 1 is 1.46 bits per heavy atom. The van der Waals surface area contributed by atoms with Crippen molar-refractivity contribution in [1.29, 1.82) is 0 Å². The molecule has 0 saturated heterocycles. The summed E-state index contributed by atoms with van der Waals surface area (Å²) in [7, 11) is -2.81. The molecule has 0 amide bonds. The largest absolute Gasteiger partial charge is 0.490 e. The number of phosphoric acid groups is 1. The van der Waals surface area contributed by atoms with Gasteiger partial charge in [0.25, 0.3) is 0 Å². The van der Waals surface area contributed by atoms with E-state index in [0.717, 1.165) is 0 Å². The van der Waals surface area contributed by atoms with Crippen LogP contribution in [0.5, 0.6) is 0 Å². The van der Waals surface area contributed by atoms with E-state index in [1.165, 1.54) is 7.11 Å². The van der Waals surface area contributed by atoms with Gasteiger partial charge in [-0.05, 0) is 25.1 Å². The van der Waals surface area contributed by atoms with Crippen LogP contribution in [0.15, 0.2) is 0 Å². The smallest absolute Gasteiger partial charge is 0.469 e. The molecule has 13 heavy (non-hydrogen) atoms. The predicted molar refractivity (Wildman–Crippen MR) is 51.5 cm³/mol. The Labute approximate surface area is 82.3 Å². The highest BCUT2D eigenvalue weighted by Gasteiger charge is 2.12. The first-order valence-electron chi connectivity index (χ1n) is 3.72. The second kappa shape index (κ2) is 6.45. The summed E-state index contributed by atoms with van der Waals surface area (Å²) >= 11 is 4.76. The van der Waals surface area contributed by atoms with Gasteiger partial charge in [0.2, 0.25) is 0 Å². The molecule has 0 radical (unpaired) electrons. The number of ether oxygens (including phenoxy) is 1. The third-order valence-electron chi connectivity index (χ3n) is 1.26. The van der Waals surface area contributed by atoms with Crippen molar-refractivity contribution in [2.75, 3.05) is 13.7 Å². The Balaban J connectivity index is 3.27. The molecule has 0 bridgehead atoms. The fraction of sp³-hybridized carbons (Fsp3) is 0.833. The van der Waals surface area contributed by atoms with Crippen molar-refractivity contribution in [1.82, 2.24) is 0 Å². The highest BCUT2D eigenvalue weighted by atomic mass is 32.1. The third kappa shape index (κ3) is 9.92. The minimum atomic E-state index is -4.30. The van der Waals surface area contributed by atoms with Crippen LogP contribution in [0.4, 0.5) is 0 Å². The van der Waals surface area contributed by atoms with Gasteiger partial charge in [0, 0.05) is 6.42 Å². The van der Waals surface area contributed by atoms with Crippen molar-refractivity contribution in [3.8, 4) is 0 Å². The molecule has 5 nitrogen and oxygen atoms in total. The van der Waals surface area contributed by atoms with Gasteiger partial charge in [0.05, 0.1) is 13.7 Å². The van der Waals surface area contributed by atoms with Gasteiger partial charge in [0.1, 0.15) is 0 Å². The van der Waals surface area contributed by atoms with Gasteiger partial charge in [-0.3, -0.25) is 4.52 Å². The van der Waals surface area contributed by atoms with Crippen LogP contribution in [0.25, 0.3) is 0 Å². The van der Waals surface area contributed by atoms with Crippen LogP contribution < -0.4 is 0 Å². The number of methoxy groups -OCH3 is 1. The first kappa shape index (κ1) is 13.0. The quantitative estimate of drug-likeness (QED) is 0.404. The van der Waals surface area contributed by atoms with Crippen molar-refractivity contribution in [3.63, 3.8) is 0 Å². The van der Waals surface area contributed by atoms with Crippen molar-refractivity contribution in [3.05, 3.63) is 0 Å². The molecule has 7 heteroatoms. The molecule has 0 unspecified atom stereocenters. The molecular weight excluding hydrogens is 215 g/mol. The minimum absolute atomic E-state index is 0.0383. The van der Waals surface area contributed by atoms with Crippen LogP contribution in [0.1, 0.15) is 19.3 Å². The Morgan fingerprint density at radius 3 is 2.54 bits per heavy atom. The summed E-state index contributed by atoms with van der Waals surface area (Å²) in [6.07, 6.45) is 1.86. The van der Waals surface area contributed by atoms with Crippen molar-refractivity contribution >= 4 is 25.1 Å². The summed E-state index contributed by atoms with van der Waals surface area (Å²) in [5.41, 5.74) is 0. The molecule has 0 atom stereocenters. The lowest BCUT2D eigenvalue weighted by Gasteiger charge is -2.04. The van der Waals surface area contributed by atoms with Crippen LogP contribution in [-0.4, -0.2) is 28.6 Å². The van der Waals surface area contributed by atoms with Crippen LogP contribution >= 0.6 is 20.0 Å². The zero-order valence-electron chi connectivity index (χ0n) is 7.30. The summed E-state index contributed by atoms with van der Waals surface area (Å²) in [6, 6.07) is 0. The zero-order chi connectivity index (χ0) is 10.3. The van der Waals surface area contributed by atoms with E-state index < -0.39 is 7.82 Å². The van der Waals surface area contributed by atoms with E-state index in [9.17, 15) is 4.57 Å². The molecule has 0 aromatic heterocycles. The maximum absolute atomic E-state index is 10.2. The maximum Gasteiger partial charge on any atom is 0.469 e. The second-order valence-corrected chi connectivity index (χ2v) is 4.05. The van der Waals surface area contributed by atoms with Gasteiger partial charge in [0.15, 0.2) is 5.05 Å². The lowest BCUT2D eigenvalue weighted by molar-refractivity contribution is 0.194. The molecule has 0 aromatic carbocycles. The lowest BCUT2D eigenvalue weighted by Crippen LogP contribution is -1.98. The topological polar surface area (TPSA) is 76.0 Å². The third-order valence-corrected chi connectivity index (χ3v) is 2.15. The minimum Gasteiger partial charge on any atom is -0.490 e. The summed E-state index contributed by atoms with van der Waals surface area (Å²) in [6.45, 7) is 0.0383. The van der Waals surface area contributed by atoms with Crippen LogP contribution in [-0.2, 0) is 13.8 Å². The SMILES string of the molecule is COC(=S)CCCCOP(=O)(O)O. The molecule has 0 heterocycles. The molecule has 0 saturated carbocycles. The Hall–Kier alpha value is -0.0000000000000000416. The Bertz CT molecular complexity index is 201. The molecule has 0 aliphatic rings. The van der Waals surface area contributed by atoms with Crippen molar-refractivity contribution < 1.29 is 23.6 Å². The summed E-state index contributed by atoms with van der Waals surface area (Å²) in [5, 5.41) is 0.496. The number of hydrogen-bond acceptors (Lipinski definition) is 4. The Morgan fingerprint density at radius 2 is 2.08 bits per heavy atom. The van der Waals surface area contributed by atoms with E-state index in [-0.39, 0.29) is 6.61 Å². The maximum atomic E-state index is 10.2. The van der Waals surface area contributed by atoms with Gasteiger partial charge >= 0.3 is 7.82 Å². The van der Waals surface area contributed by atoms with Crippen molar-refractivity contribution in [2.24, 2.45) is 0 Å². The summed E-state index contributed by atoms with van der Waals surface area (Å²) in [5.74, 6) is 0. The normalized spacial score (nSPS) is 11.3. The predicted octanol–water partition coefficient (Wildman–Crippen LogP) is 1.24. The molecule has 2 N–H and O–H groups in total. The molecule has 0 aliphatic carbocycles. The molecule has 0 aliphatic heterocycles. The lowest BCUT2D eigenvalue weighted by atomic mass is 10.2. The monoisotopic (exact) mass is 228 g/mol. The average Bonchev–Trinajstić information content (AvgIpc) is 2.01. The fourth-order valence-corrected chi connectivity index (χ4v) is 1.17. The Kier molecular flexibility index (Phi) is 6.45. The summed E-state index contributed by atoms with van der Waals surface area (Å²) < 4.78 is 19.2. The first-order chi connectivity index (χ1) is 5.95. The molecule has 78 valence electrons. The van der Waals surface area contributed by atoms with E-state index in [1.54, 1.807) is 0 Å². The van der Waals surface area contributed by atoms with E-state index in [2.05, 4.69) is 4.52 Å². The number of hydrogen-bond donors (Lipinski definition) is 2. The van der Waals surface area contributed by atoms with Gasteiger partial charge in [-0.1, -0.05) is 0 Å². The standard InChI is InChI=1S/C6H13O5PS/c1-10-6(13)4-2-3-5-11-12(7,8)9/h2-5H2,1H3,(H2,7,8,9). The molecule has 0 spiro atoms. The molecule has 0 fully saturated rings. The highest BCUT2D eigenvalue weighted by molar-refractivity contribution is 7.80. The van der Waals surface area contributed by atoms with E-state index >= 15 is 0 Å². The number of rotatable bonds is 6. The number of thiocarbonyl (C=S) groups is 1.